The van der Waals surface area contributed by atoms with Gasteiger partial charge >= 0.3 is 0 Å². The second-order valence-corrected chi connectivity index (χ2v) is 3.13. The third-order valence-electron chi connectivity index (χ3n) is 2.23. The molecule has 2 N–H and O–H groups in total. The van der Waals surface area contributed by atoms with Crippen LogP contribution >= 0.6 is 24.8 Å². The highest BCUT2D eigenvalue weighted by atomic mass is 35.5. The number of halogens is 2. The van der Waals surface area contributed by atoms with Crippen molar-refractivity contribution in [3.05, 3.63) is 0 Å². The number of hydrogen-bond donors (Lipinski definition) is 1. The third kappa shape index (κ3) is 4.16. The van der Waals surface area contributed by atoms with Crippen molar-refractivity contribution in [2.75, 3.05) is 13.1 Å². The Hall–Kier alpha value is 0.01000. The first-order valence-electron chi connectivity index (χ1n) is 4.25. The molecular formula is C8H18Cl2N2O. The molecule has 0 aromatic carbocycles. The van der Waals surface area contributed by atoms with Crippen LogP contribution in [0.1, 0.15) is 26.2 Å². The van der Waals surface area contributed by atoms with Crippen LogP contribution in [0.3, 0.4) is 0 Å². The van der Waals surface area contributed by atoms with Crippen molar-refractivity contribution in [2.24, 2.45) is 5.73 Å². The third-order valence-corrected chi connectivity index (χ3v) is 2.23. The highest BCUT2D eigenvalue weighted by molar-refractivity contribution is 5.85. The minimum Gasteiger partial charge on any atom is -0.339 e. The van der Waals surface area contributed by atoms with Crippen molar-refractivity contribution in [3.8, 4) is 0 Å². The van der Waals surface area contributed by atoms with Crippen molar-refractivity contribution in [1.82, 2.24) is 4.90 Å². The first-order valence-corrected chi connectivity index (χ1v) is 4.25. The zero-order chi connectivity index (χ0) is 8.27. The number of carbonyl (C=O) groups excluding carboxylic acids is 1. The molecule has 80 valence electrons. The van der Waals surface area contributed by atoms with Crippen molar-refractivity contribution in [2.45, 2.75) is 32.2 Å². The second-order valence-electron chi connectivity index (χ2n) is 3.13. The molecule has 0 radical (unpaired) electrons. The Morgan fingerprint density at radius 1 is 1.46 bits per heavy atom. The van der Waals surface area contributed by atoms with E-state index >= 15 is 0 Å². The van der Waals surface area contributed by atoms with E-state index in [9.17, 15) is 4.79 Å². The fraction of sp³-hybridized carbons (Fsp3) is 0.875. The fourth-order valence-electron chi connectivity index (χ4n) is 1.42. The molecule has 0 saturated carbocycles. The van der Waals surface area contributed by atoms with E-state index in [4.69, 9.17) is 5.73 Å². The molecule has 0 aromatic heterocycles. The quantitative estimate of drug-likeness (QED) is 0.773. The van der Waals surface area contributed by atoms with E-state index in [2.05, 4.69) is 0 Å². The maximum Gasteiger partial charge on any atom is 0.222 e. The monoisotopic (exact) mass is 228 g/mol. The highest BCUT2D eigenvalue weighted by Crippen LogP contribution is 2.12. The van der Waals surface area contributed by atoms with Crippen LogP contribution in [0.15, 0.2) is 0 Å². The number of piperidine rings is 1. The normalized spacial score (nSPS) is 18.6. The van der Waals surface area contributed by atoms with Crippen molar-refractivity contribution >= 4 is 30.7 Å². The van der Waals surface area contributed by atoms with Gasteiger partial charge in [-0.3, -0.25) is 4.79 Å². The van der Waals surface area contributed by atoms with Gasteiger partial charge in [0.15, 0.2) is 0 Å². The standard InChI is InChI=1S/C8H16N2O.2ClH/c1-7(6-9)10-5-3-2-4-8(10)11;;/h7H,2-6,9H2,1H3;2*1H. The predicted octanol–water partition coefficient (Wildman–Crippen LogP) is 1.19. The summed E-state index contributed by atoms with van der Waals surface area (Å²) in [5, 5.41) is 0. The molecule has 1 saturated heterocycles. The first kappa shape index (κ1) is 15.5. The van der Waals surface area contributed by atoms with E-state index in [0.717, 1.165) is 19.4 Å². The molecule has 1 aliphatic heterocycles. The van der Waals surface area contributed by atoms with Crippen molar-refractivity contribution in [1.29, 1.82) is 0 Å². The van der Waals surface area contributed by atoms with Crippen LogP contribution in [0.4, 0.5) is 0 Å². The Kier molecular flexibility index (Phi) is 8.83. The molecule has 1 atom stereocenters. The predicted molar refractivity (Wildman–Crippen MR) is 58.6 cm³/mol. The number of nitrogens with two attached hydrogens (primary N) is 1. The molecule has 1 fully saturated rings. The molecule has 1 heterocycles. The van der Waals surface area contributed by atoms with Crippen LogP contribution in [0.25, 0.3) is 0 Å². The molecule has 3 nitrogen and oxygen atoms in total. The summed E-state index contributed by atoms with van der Waals surface area (Å²) in [7, 11) is 0. The lowest BCUT2D eigenvalue weighted by Gasteiger charge is -2.31. The zero-order valence-electron chi connectivity index (χ0n) is 7.86. The lowest BCUT2D eigenvalue weighted by molar-refractivity contribution is -0.135. The molecular weight excluding hydrogens is 211 g/mol. The average Bonchev–Trinajstić information content (AvgIpc) is 2.04. The smallest absolute Gasteiger partial charge is 0.222 e. The molecule has 1 rings (SSSR count). The van der Waals surface area contributed by atoms with Gasteiger partial charge in [0.2, 0.25) is 5.91 Å². The summed E-state index contributed by atoms with van der Waals surface area (Å²) in [5.74, 6) is 0.272. The van der Waals surface area contributed by atoms with Gasteiger partial charge < -0.3 is 10.6 Å². The summed E-state index contributed by atoms with van der Waals surface area (Å²) in [4.78, 5) is 13.2. The lowest BCUT2D eigenvalue weighted by atomic mass is 10.1. The van der Waals surface area contributed by atoms with Crippen LogP contribution in [0.2, 0.25) is 0 Å². The molecule has 0 aromatic rings. The van der Waals surface area contributed by atoms with Crippen LogP contribution in [0.5, 0.6) is 0 Å². The molecule has 5 heteroatoms. The van der Waals surface area contributed by atoms with Gasteiger partial charge in [-0.25, -0.2) is 0 Å². The van der Waals surface area contributed by atoms with Crippen molar-refractivity contribution < 1.29 is 4.79 Å². The van der Waals surface area contributed by atoms with Crippen LogP contribution in [0, 0.1) is 0 Å². The summed E-state index contributed by atoms with van der Waals surface area (Å²) in [6, 6.07) is 0.225. The Morgan fingerprint density at radius 2 is 2.08 bits per heavy atom. The minimum absolute atomic E-state index is 0. The van der Waals surface area contributed by atoms with E-state index < -0.39 is 0 Å². The van der Waals surface area contributed by atoms with Crippen LogP contribution < -0.4 is 5.73 Å². The summed E-state index contributed by atoms with van der Waals surface area (Å²) in [6.45, 7) is 3.48. The van der Waals surface area contributed by atoms with Gasteiger partial charge in [-0.1, -0.05) is 0 Å². The average molecular weight is 229 g/mol. The number of rotatable bonds is 2. The van der Waals surface area contributed by atoms with Gasteiger partial charge in [0.05, 0.1) is 0 Å². The molecule has 1 amide bonds. The maximum absolute atomic E-state index is 11.3. The van der Waals surface area contributed by atoms with Gasteiger partial charge in [0.25, 0.3) is 0 Å². The Labute approximate surface area is 91.9 Å². The highest BCUT2D eigenvalue weighted by Gasteiger charge is 2.21. The number of nitrogens with zero attached hydrogens (tertiary/aromatic N) is 1. The van der Waals surface area contributed by atoms with E-state index in [-0.39, 0.29) is 36.8 Å². The van der Waals surface area contributed by atoms with E-state index in [1.54, 1.807) is 0 Å². The summed E-state index contributed by atoms with van der Waals surface area (Å²) in [5.41, 5.74) is 5.47. The first-order chi connectivity index (χ1) is 5.25. The molecule has 1 aliphatic rings. The van der Waals surface area contributed by atoms with Crippen molar-refractivity contribution in [3.63, 3.8) is 0 Å². The molecule has 0 aliphatic carbocycles. The number of amides is 1. The van der Waals surface area contributed by atoms with Gasteiger partial charge in [-0.2, -0.15) is 0 Å². The summed E-state index contributed by atoms with van der Waals surface area (Å²) < 4.78 is 0. The minimum atomic E-state index is 0. The molecule has 1 unspecified atom stereocenters. The van der Waals surface area contributed by atoms with Gasteiger partial charge in [-0.15, -0.1) is 24.8 Å². The lowest BCUT2D eigenvalue weighted by Crippen LogP contribution is -2.45. The van der Waals surface area contributed by atoms with Gasteiger partial charge in [0.1, 0.15) is 0 Å². The number of hydrogen-bond acceptors (Lipinski definition) is 2. The van der Waals surface area contributed by atoms with Crippen LogP contribution in [-0.2, 0) is 4.79 Å². The van der Waals surface area contributed by atoms with E-state index in [0.29, 0.717) is 13.0 Å². The Balaban J connectivity index is 0. The van der Waals surface area contributed by atoms with Gasteiger partial charge in [-0.05, 0) is 19.8 Å². The Morgan fingerprint density at radius 3 is 2.54 bits per heavy atom. The maximum atomic E-state index is 11.3. The Bertz CT molecular complexity index is 155. The summed E-state index contributed by atoms with van der Waals surface area (Å²) >= 11 is 0. The van der Waals surface area contributed by atoms with Crippen LogP contribution in [-0.4, -0.2) is 29.9 Å². The molecule has 0 spiro atoms. The fourth-order valence-corrected chi connectivity index (χ4v) is 1.42. The number of likely N-dealkylation sites (tertiary alicyclic amines) is 1. The number of carbonyl (C=O) groups is 1. The molecule has 13 heavy (non-hydrogen) atoms. The second kappa shape index (κ2) is 7.42. The zero-order valence-corrected chi connectivity index (χ0v) is 9.50. The largest absolute Gasteiger partial charge is 0.339 e. The molecule has 0 bridgehead atoms. The summed E-state index contributed by atoms with van der Waals surface area (Å²) in [6.07, 6.45) is 2.90. The SMILES string of the molecule is CC(CN)N1CCCCC1=O.Cl.Cl. The van der Waals surface area contributed by atoms with E-state index in [1.807, 2.05) is 11.8 Å². The topological polar surface area (TPSA) is 46.3 Å². The van der Waals surface area contributed by atoms with Gasteiger partial charge in [0, 0.05) is 25.6 Å². The van der Waals surface area contributed by atoms with E-state index in [1.165, 1.54) is 0 Å².